The molecule has 6 heteroatoms. The molecule has 3 atom stereocenters. The van der Waals surface area contributed by atoms with Gasteiger partial charge >= 0.3 is 0 Å². The standard InChI is InChI=1S/C20H22N4O2/c1-3-12-23-15-9-5-4-8-14(15)22-19-18(23)17(13(2)25)20(26)24(19)16-10-6-7-11-21-16/h4-11,17-19,22H,3,12H2,1-2H3/t17-,18+,19-/m0/s1. The molecular weight excluding hydrogens is 328 g/mol. The van der Waals surface area contributed by atoms with Crippen LogP contribution < -0.4 is 15.1 Å². The molecule has 1 amide bonds. The summed E-state index contributed by atoms with van der Waals surface area (Å²) in [6.07, 6.45) is 2.27. The quantitative estimate of drug-likeness (QED) is 0.859. The van der Waals surface area contributed by atoms with E-state index >= 15 is 0 Å². The minimum Gasteiger partial charge on any atom is -0.362 e. The Morgan fingerprint density at radius 3 is 2.65 bits per heavy atom. The number of Topliss-reactive ketones (excluding diaryl/α,β-unsaturated/α-hetero) is 1. The second-order valence-corrected chi connectivity index (χ2v) is 6.77. The van der Waals surface area contributed by atoms with Gasteiger partial charge in [-0.25, -0.2) is 4.98 Å². The minimum absolute atomic E-state index is 0.106. The molecule has 1 aromatic carbocycles. The number of carbonyl (C=O) groups excluding carboxylic acids is 2. The van der Waals surface area contributed by atoms with Gasteiger partial charge in [0.1, 0.15) is 23.7 Å². The fourth-order valence-electron chi connectivity index (χ4n) is 4.11. The van der Waals surface area contributed by atoms with Crippen LogP contribution >= 0.6 is 0 Å². The number of benzene rings is 1. The fraction of sp³-hybridized carbons (Fsp3) is 0.350. The number of hydrogen-bond acceptors (Lipinski definition) is 5. The molecule has 2 aliphatic rings. The zero-order valence-corrected chi connectivity index (χ0v) is 14.9. The number of rotatable bonds is 4. The largest absolute Gasteiger partial charge is 0.362 e. The number of aromatic nitrogens is 1. The lowest BCUT2D eigenvalue weighted by Gasteiger charge is -2.43. The van der Waals surface area contributed by atoms with Crippen molar-refractivity contribution in [2.75, 3.05) is 21.7 Å². The predicted octanol–water partition coefficient (Wildman–Crippen LogP) is 2.67. The van der Waals surface area contributed by atoms with Crippen LogP contribution in [0.5, 0.6) is 0 Å². The first-order chi connectivity index (χ1) is 12.6. The Morgan fingerprint density at radius 2 is 1.96 bits per heavy atom. The monoisotopic (exact) mass is 350 g/mol. The summed E-state index contributed by atoms with van der Waals surface area (Å²) in [6, 6.07) is 13.2. The molecule has 0 bridgehead atoms. The normalized spacial score (nSPS) is 24.1. The molecule has 0 unspecified atom stereocenters. The van der Waals surface area contributed by atoms with Crippen molar-refractivity contribution in [2.45, 2.75) is 32.5 Å². The third-order valence-corrected chi connectivity index (χ3v) is 5.12. The first-order valence-electron chi connectivity index (χ1n) is 9.00. The number of fused-ring (bicyclic) bond motifs is 2. The number of nitrogens with one attached hydrogen (secondary N) is 1. The SMILES string of the molecule is CCCN1c2ccccc2N[C@@H]2[C@H]1[C@H](C(C)=O)C(=O)N2c1ccccn1. The van der Waals surface area contributed by atoms with E-state index in [4.69, 9.17) is 0 Å². The number of para-hydroxylation sites is 2. The van der Waals surface area contributed by atoms with Crippen LogP contribution in [0.15, 0.2) is 48.7 Å². The van der Waals surface area contributed by atoms with E-state index in [0.29, 0.717) is 5.82 Å². The number of hydrogen-bond donors (Lipinski definition) is 1. The lowest BCUT2D eigenvalue weighted by molar-refractivity contribution is -0.129. The molecule has 0 radical (unpaired) electrons. The van der Waals surface area contributed by atoms with E-state index in [2.05, 4.69) is 22.1 Å². The van der Waals surface area contributed by atoms with Crippen molar-refractivity contribution in [3.05, 3.63) is 48.7 Å². The van der Waals surface area contributed by atoms with E-state index < -0.39 is 5.92 Å². The number of ketones is 1. The van der Waals surface area contributed by atoms with Gasteiger partial charge < -0.3 is 10.2 Å². The molecule has 1 aromatic heterocycles. The average Bonchev–Trinajstić information content (AvgIpc) is 2.94. The molecule has 0 spiro atoms. The maximum Gasteiger partial charge on any atom is 0.242 e. The molecule has 3 heterocycles. The molecule has 0 aliphatic carbocycles. The summed E-state index contributed by atoms with van der Waals surface area (Å²) in [7, 11) is 0. The zero-order valence-electron chi connectivity index (χ0n) is 14.9. The van der Waals surface area contributed by atoms with E-state index in [-0.39, 0.29) is 23.9 Å². The second-order valence-electron chi connectivity index (χ2n) is 6.77. The summed E-state index contributed by atoms with van der Waals surface area (Å²) in [4.78, 5) is 33.9. The summed E-state index contributed by atoms with van der Waals surface area (Å²) in [6.45, 7) is 4.40. The highest BCUT2D eigenvalue weighted by molar-refractivity contribution is 6.12. The molecule has 4 rings (SSSR count). The maximum absolute atomic E-state index is 13.2. The van der Waals surface area contributed by atoms with Crippen molar-refractivity contribution >= 4 is 28.9 Å². The summed E-state index contributed by atoms with van der Waals surface area (Å²) in [5.74, 6) is -0.424. The van der Waals surface area contributed by atoms with Crippen LogP contribution in [0, 0.1) is 5.92 Å². The third kappa shape index (κ3) is 2.44. The van der Waals surface area contributed by atoms with Crippen molar-refractivity contribution < 1.29 is 9.59 Å². The first-order valence-corrected chi connectivity index (χ1v) is 9.00. The van der Waals surface area contributed by atoms with Gasteiger partial charge in [0.25, 0.3) is 0 Å². The zero-order chi connectivity index (χ0) is 18.3. The molecule has 1 fully saturated rings. The molecule has 6 nitrogen and oxygen atoms in total. The molecule has 2 aromatic rings. The molecule has 26 heavy (non-hydrogen) atoms. The Kier molecular flexibility index (Phi) is 4.11. The third-order valence-electron chi connectivity index (χ3n) is 5.12. The summed E-state index contributed by atoms with van der Waals surface area (Å²) in [5, 5.41) is 3.48. The first kappa shape index (κ1) is 16.6. The molecule has 0 saturated carbocycles. The Hall–Kier alpha value is -2.89. The van der Waals surface area contributed by atoms with E-state index in [9.17, 15) is 9.59 Å². The molecule has 1 N–H and O–H groups in total. The lowest BCUT2D eigenvalue weighted by Crippen LogP contribution is -2.55. The summed E-state index contributed by atoms with van der Waals surface area (Å²) >= 11 is 0. The van der Waals surface area contributed by atoms with Crippen molar-refractivity contribution in [1.82, 2.24) is 4.98 Å². The second kappa shape index (κ2) is 6.44. The van der Waals surface area contributed by atoms with Crippen LogP contribution in [0.25, 0.3) is 0 Å². The van der Waals surface area contributed by atoms with Crippen molar-refractivity contribution in [1.29, 1.82) is 0 Å². The predicted molar refractivity (Wildman–Crippen MR) is 101 cm³/mol. The highest BCUT2D eigenvalue weighted by Gasteiger charge is 2.55. The highest BCUT2D eigenvalue weighted by Crippen LogP contribution is 2.42. The van der Waals surface area contributed by atoms with Crippen molar-refractivity contribution in [3.63, 3.8) is 0 Å². The topological polar surface area (TPSA) is 65.5 Å². The van der Waals surface area contributed by atoms with Crippen LogP contribution in [0.2, 0.25) is 0 Å². The summed E-state index contributed by atoms with van der Waals surface area (Å²) in [5.41, 5.74) is 2.01. The van der Waals surface area contributed by atoms with Gasteiger partial charge in [-0.2, -0.15) is 0 Å². The molecule has 2 aliphatic heterocycles. The number of carbonyl (C=O) groups is 2. The Labute approximate surface area is 152 Å². The maximum atomic E-state index is 13.2. The van der Waals surface area contributed by atoms with E-state index in [1.54, 1.807) is 11.1 Å². The van der Waals surface area contributed by atoms with Gasteiger partial charge in [-0.05, 0) is 37.6 Å². The van der Waals surface area contributed by atoms with Crippen LogP contribution in [0.1, 0.15) is 20.3 Å². The van der Waals surface area contributed by atoms with Gasteiger partial charge in [0.15, 0.2) is 0 Å². The van der Waals surface area contributed by atoms with Crippen molar-refractivity contribution in [3.8, 4) is 0 Å². The van der Waals surface area contributed by atoms with E-state index in [1.807, 2.05) is 42.5 Å². The van der Waals surface area contributed by atoms with Crippen LogP contribution in [-0.4, -0.2) is 35.4 Å². The van der Waals surface area contributed by atoms with Gasteiger partial charge in [-0.3, -0.25) is 14.5 Å². The van der Waals surface area contributed by atoms with Gasteiger partial charge in [0.2, 0.25) is 5.91 Å². The van der Waals surface area contributed by atoms with Gasteiger partial charge in [-0.15, -0.1) is 0 Å². The molecular formula is C20H22N4O2. The molecule has 1 saturated heterocycles. The number of anilines is 3. The van der Waals surface area contributed by atoms with Gasteiger partial charge in [0.05, 0.1) is 17.4 Å². The van der Waals surface area contributed by atoms with Crippen molar-refractivity contribution in [2.24, 2.45) is 5.92 Å². The highest BCUT2D eigenvalue weighted by atomic mass is 16.2. The van der Waals surface area contributed by atoms with Gasteiger partial charge in [0, 0.05) is 12.7 Å². The Morgan fingerprint density at radius 1 is 1.19 bits per heavy atom. The average molecular weight is 350 g/mol. The summed E-state index contributed by atoms with van der Waals surface area (Å²) < 4.78 is 0. The smallest absolute Gasteiger partial charge is 0.242 e. The van der Waals surface area contributed by atoms with Crippen LogP contribution in [0.4, 0.5) is 17.2 Å². The number of pyridine rings is 1. The minimum atomic E-state index is -0.700. The van der Waals surface area contributed by atoms with Crippen LogP contribution in [-0.2, 0) is 9.59 Å². The van der Waals surface area contributed by atoms with E-state index in [1.165, 1.54) is 6.92 Å². The number of amides is 1. The van der Waals surface area contributed by atoms with E-state index in [0.717, 1.165) is 24.3 Å². The lowest BCUT2D eigenvalue weighted by atomic mass is 9.93. The van der Waals surface area contributed by atoms with Crippen LogP contribution in [0.3, 0.4) is 0 Å². The fourth-order valence-corrected chi connectivity index (χ4v) is 4.11. The number of nitrogens with zero attached hydrogens (tertiary/aromatic N) is 3. The Bertz CT molecular complexity index is 839. The Balaban J connectivity index is 1.86. The van der Waals surface area contributed by atoms with Gasteiger partial charge in [-0.1, -0.05) is 25.1 Å². The molecule has 134 valence electrons.